The molecule has 0 amide bonds. The third-order valence-corrected chi connectivity index (χ3v) is 3.62. The minimum atomic E-state index is 0.689. The van der Waals surface area contributed by atoms with Gasteiger partial charge in [0.15, 0.2) is 12.4 Å². The summed E-state index contributed by atoms with van der Waals surface area (Å²) in [6.45, 7) is 7.98. The zero-order valence-electron chi connectivity index (χ0n) is 11.8. The van der Waals surface area contributed by atoms with E-state index in [1.165, 1.54) is 50.6 Å². The van der Waals surface area contributed by atoms with Crippen molar-refractivity contribution in [2.24, 2.45) is 0 Å². The molecule has 0 radical (unpaired) electrons. The maximum absolute atomic E-state index is 2.32. The summed E-state index contributed by atoms with van der Waals surface area (Å²) in [5.41, 5.74) is 1.47. The van der Waals surface area contributed by atoms with Gasteiger partial charge < -0.3 is 0 Å². The van der Waals surface area contributed by atoms with E-state index in [9.17, 15) is 0 Å². The zero-order chi connectivity index (χ0) is 12.5. The minimum Gasteiger partial charge on any atom is -0.205 e. The first-order valence-electron chi connectivity index (χ1n) is 7.27. The lowest BCUT2D eigenvalue weighted by Crippen LogP contribution is -2.32. The van der Waals surface area contributed by atoms with Crippen molar-refractivity contribution in [3.63, 3.8) is 0 Å². The van der Waals surface area contributed by atoms with E-state index in [1.807, 2.05) is 0 Å². The molecule has 17 heavy (non-hydrogen) atoms. The van der Waals surface area contributed by atoms with Crippen LogP contribution in [-0.2, 0) is 6.54 Å². The lowest BCUT2D eigenvalue weighted by Gasteiger charge is -2.07. The van der Waals surface area contributed by atoms with E-state index in [-0.39, 0.29) is 0 Å². The molecule has 96 valence electrons. The monoisotopic (exact) mass is 234 g/mol. The highest BCUT2D eigenvalue weighted by atomic mass is 14.9. The predicted octanol–water partition coefficient (Wildman–Crippen LogP) is 4.46. The van der Waals surface area contributed by atoms with Gasteiger partial charge in [0.2, 0.25) is 0 Å². The number of aryl methyl sites for hydroxylation is 1. The highest BCUT2D eigenvalue weighted by Gasteiger charge is 2.05. The predicted molar refractivity (Wildman–Crippen MR) is 74.1 cm³/mol. The van der Waals surface area contributed by atoms with Crippen molar-refractivity contribution in [2.75, 3.05) is 0 Å². The van der Waals surface area contributed by atoms with Crippen molar-refractivity contribution in [1.29, 1.82) is 0 Å². The summed E-state index contributed by atoms with van der Waals surface area (Å²) in [4.78, 5) is 0. The Labute approximate surface area is 107 Å². The lowest BCUT2D eigenvalue weighted by atomic mass is 10.0. The molecule has 0 saturated heterocycles. The van der Waals surface area contributed by atoms with Gasteiger partial charge in [-0.1, -0.05) is 40.0 Å². The molecular weight excluding hydrogens is 206 g/mol. The molecule has 1 nitrogen and oxygen atoms in total. The average Bonchev–Trinajstić information content (AvgIpc) is 2.38. The molecule has 1 rings (SSSR count). The smallest absolute Gasteiger partial charge is 0.169 e. The number of rotatable bonds is 8. The molecule has 1 aromatic rings. The molecule has 0 spiro atoms. The molecular formula is C16H28N+. The Kier molecular flexibility index (Phi) is 6.91. The second-order valence-electron chi connectivity index (χ2n) is 5.09. The van der Waals surface area contributed by atoms with Gasteiger partial charge in [-0.3, -0.25) is 0 Å². The standard InChI is InChI=1S/C16H28N/c1-4-6-7-8-9-12-17-13-10-16(11-14-17)15(3)5-2/h10-11,13-15H,4-9,12H2,1-3H3/q+1. The Hall–Kier alpha value is -0.850. The lowest BCUT2D eigenvalue weighted by molar-refractivity contribution is -0.697. The largest absolute Gasteiger partial charge is 0.205 e. The van der Waals surface area contributed by atoms with Gasteiger partial charge in [0.1, 0.15) is 6.54 Å². The number of hydrogen-bond acceptors (Lipinski definition) is 0. The van der Waals surface area contributed by atoms with E-state index in [4.69, 9.17) is 0 Å². The third kappa shape index (κ3) is 5.34. The van der Waals surface area contributed by atoms with Crippen LogP contribution in [0.3, 0.4) is 0 Å². The van der Waals surface area contributed by atoms with Crippen LogP contribution in [0.4, 0.5) is 0 Å². The van der Waals surface area contributed by atoms with Crippen molar-refractivity contribution in [2.45, 2.75) is 71.8 Å². The fourth-order valence-electron chi connectivity index (χ4n) is 2.08. The highest BCUT2D eigenvalue weighted by molar-refractivity contribution is 5.12. The van der Waals surface area contributed by atoms with Gasteiger partial charge in [-0.2, -0.15) is 0 Å². The summed E-state index contributed by atoms with van der Waals surface area (Å²) in [6.07, 6.45) is 12.5. The molecule has 0 saturated carbocycles. The molecule has 1 atom stereocenters. The molecule has 0 aliphatic carbocycles. The van der Waals surface area contributed by atoms with Crippen LogP contribution in [0.15, 0.2) is 24.5 Å². The van der Waals surface area contributed by atoms with Crippen molar-refractivity contribution in [1.82, 2.24) is 0 Å². The Morgan fingerprint density at radius 2 is 1.65 bits per heavy atom. The Bertz CT molecular complexity index is 289. The van der Waals surface area contributed by atoms with Crippen LogP contribution in [0, 0.1) is 0 Å². The van der Waals surface area contributed by atoms with E-state index in [1.54, 1.807) is 0 Å². The molecule has 0 aliphatic rings. The van der Waals surface area contributed by atoms with Gasteiger partial charge in [-0.15, -0.1) is 0 Å². The third-order valence-electron chi connectivity index (χ3n) is 3.62. The van der Waals surface area contributed by atoms with Gasteiger partial charge >= 0.3 is 0 Å². The van der Waals surface area contributed by atoms with Crippen LogP contribution in [0.5, 0.6) is 0 Å². The Morgan fingerprint density at radius 3 is 2.24 bits per heavy atom. The van der Waals surface area contributed by atoms with Crippen LogP contribution >= 0.6 is 0 Å². The molecule has 0 bridgehead atoms. The second kappa shape index (κ2) is 8.27. The topological polar surface area (TPSA) is 3.88 Å². The van der Waals surface area contributed by atoms with Crippen LogP contribution < -0.4 is 4.57 Å². The fourth-order valence-corrected chi connectivity index (χ4v) is 2.08. The number of pyridine rings is 1. The minimum absolute atomic E-state index is 0.689. The first-order valence-corrected chi connectivity index (χ1v) is 7.27. The quantitative estimate of drug-likeness (QED) is 0.462. The summed E-state index contributed by atoms with van der Waals surface area (Å²) < 4.78 is 2.32. The number of aromatic nitrogens is 1. The van der Waals surface area contributed by atoms with Gasteiger partial charge in [0.05, 0.1) is 0 Å². The molecule has 0 N–H and O–H groups in total. The van der Waals surface area contributed by atoms with Crippen LogP contribution in [0.25, 0.3) is 0 Å². The second-order valence-corrected chi connectivity index (χ2v) is 5.09. The normalized spacial score (nSPS) is 12.6. The molecule has 1 aromatic heterocycles. The van der Waals surface area contributed by atoms with E-state index >= 15 is 0 Å². The van der Waals surface area contributed by atoms with Crippen molar-refractivity contribution in [3.8, 4) is 0 Å². The summed E-state index contributed by atoms with van der Waals surface area (Å²) in [6, 6.07) is 4.56. The molecule has 1 heteroatoms. The molecule has 1 heterocycles. The molecule has 0 fully saturated rings. The van der Waals surface area contributed by atoms with Crippen molar-refractivity contribution < 1.29 is 4.57 Å². The zero-order valence-corrected chi connectivity index (χ0v) is 11.8. The van der Waals surface area contributed by atoms with Crippen molar-refractivity contribution in [3.05, 3.63) is 30.1 Å². The van der Waals surface area contributed by atoms with Crippen LogP contribution in [-0.4, -0.2) is 0 Å². The number of nitrogens with zero attached hydrogens (tertiary/aromatic N) is 1. The van der Waals surface area contributed by atoms with E-state index in [0.717, 1.165) is 0 Å². The van der Waals surface area contributed by atoms with Gasteiger partial charge in [-0.05, 0) is 24.3 Å². The Morgan fingerprint density at radius 1 is 1.00 bits per heavy atom. The van der Waals surface area contributed by atoms with Crippen LogP contribution in [0.2, 0.25) is 0 Å². The van der Waals surface area contributed by atoms with E-state index < -0.39 is 0 Å². The van der Waals surface area contributed by atoms with E-state index in [2.05, 4.69) is 49.9 Å². The van der Waals surface area contributed by atoms with Gasteiger partial charge in [0.25, 0.3) is 0 Å². The number of unbranched alkanes of at least 4 members (excludes halogenated alkanes) is 4. The fraction of sp³-hybridized carbons (Fsp3) is 0.688. The summed E-state index contributed by atoms with van der Waals surface area (Å²) >= 11 is 0. The van der Waals surface area contributed by atoms with E-state index in [0.29, 0.717) is 5.92 Å². The maximum Gasteiger partial charge on any atom is 0.169 e. The first kappa shape index (κ1) is 14.2. The summed E-state index contributed by atoms with van der Waals surface area (Å²) in [5.74, 6) is 0.689. The van der Waals surface area contributed by atoms with Gasteiger partial charge in [0, 0.05) is 18.6 Å². The van der Waals surface area contributed by atoms with Crippen molar-refractivity contribution >= 4 is 0 Å². The van der Waals surface area contributed by atoms with Crippen LogP contribution in [0.1, 0.15) is 70.8 Å². The average molecular weight is 234 g/mol. The molecule has 0 aromatic carbocycles. The first-order chi connectivity index (χ1) is 8.27. The SMILES string of the molecule is CCCCCCC[n+]1ccc(C(C)CC)cc1. The van der Waals surface area contributed by atoms with Gasteiger partial charge in [-0.25, -0.2) is 4.57 Å². The molecule has 0 aliphatic heterocycles. The number of hydrogen-bond donors (Lipinski definition) is 0. The summed E-state index contributed by atoms with van der Waals surface area (Å²) in [5, 5.41) is 0. The molecule has 1 unspecified atom stereocenters. The summed E-state index contributed by atoms with van der Waals surface area (Å²) in [7, 11) is 0. The maximum atomic E-state index is 2.32. The highest BCUT2D eigenvalue weighted by Crippen LogP contribution is 2.16. The Balaban J connectivity index is 2.30.